The van der Waals surface area contributed by atoms with Crippen molar-refractivity contribution in [3.05, 3.63) is 66.0 Å². The molecule has 0 saturated carbocycles. The van der Waals surface area contributed by atoms with Gasteiger partial charge in [0, 0.05) is 19.3 Å². The Morgan fingerprint density at radius 2 is 1.76 bits per heavy atom. The van der Waals surface area contributed by atoms with Gasteiger partial charge in [-0.2, -0.15) is 0 Å². The maximum absolute atomic E-state index is 12.2. The van der Waals surface area contributed by atoms with Crippen LogP contribution in [0.4, 0.5) is 0 Å². The molecule has 1 aromatic heterocycles. The number of pyridine rings is 1. The van der Waals surface area contributed by atoms with E-state index in [4.69, 9.17) is 0 Å². The van der Waals surface area contributed by atoms with Crippen LogP contribution in [-0.2, 0) is 22.3 Å². The summed E-state index contributed by atoms with van der Waals surface area (Å²) < 4.78 is 27.2. The Balaban J connectivity index is 1.41. The summed E-state index contributed by atoms with van der Waals surface area (Å²) in [6.45, 7) is 3.38. The van der Waals surface area contributed by atoms with Gasteiger partial charge in [0.15, 0.2) is 0 Å². The van der Waals surface area contributed by atoms with Crippen LogP contribution in [0.15, 0.2) is 54.7 Å². The number of hydrogen-bond acceptors (Lipinski definition) is 4. The number of nitrogens with one attached hydrogen (secondary N) is 1. The molecule has 2 aromatic rings. The van der Waals surface area contributed by atoms with Crippen molar-refractivity contribution in [3.8, 4) is 0 Å². The molecule has 1 fully saturated rings. The Labute approximate surface area is 150 Å². The summed E-state index contributed by atoms with van der Waals surface area (Å²) in [5.41, 5.74) is 1.91. The number of sulfonamides is 1. The third-order valence-corrected chi connectivity index (χ3v) is 5.93. The van der Waals surface area contributed by atoms with E-state index < -0.39 is 10.0 Å². The van der Waals surface area contributed by atoms with Crippen molar-refractivity contribution < 1.29 is 8.42 Å². The van der Waals surface area contributed by atoms with Crippen LogP contribution >= 0.6 is 0 Å². The lowest BCUT2D eigenvalue weighted by molar-refractivity contribution is 0.177. The SMILES string of the molecule is O=S(=O)(Cc1ccccc1)NCC1CCN(Cc2ccccn2)CC1. The van der Waals surface area contributed by atoms with Gasteiger partial charge in [0.05, 0.1) is 11.4 Å². The number of likely N-dealkylation sites (tertiary alicyclic amines) is 1. The summed E-state index contributed by atoms with van der Waals surface area (Å²) >= 11 is 0. The average Bonchev–Trinajstić information content (AvgIpc) is 2.63. The molecular weight excluding hydrogens is 334 g/mol. The smallest absolute Gasteiger partial charge is 0.215 e. The standard InChI is InChI=1S/C19H25N3O2S/c23-25(24,16-18-6-2-1-3-7-18)21-14-17-9-12-22(13-10-17)15-19-8-4-5-11-20-19/h1-8,11,17,21H,9-10,12-16H2. The van der Waals surface area contributed by atoms with Crippen LogP contribution in [-0.4, -0.2) is 37.9 Å². The molecule has 0 spiro atoms. The molecule has 3 rings (SSSR count). The van der Waals surface area contributed by atoms with Crippen LogP contribution < -0.4 is 4.72 Å². The molecule has 0 radical (unpaired) electrons. The van der Waals surface area contributed by atoms with Crippen LogP contribution in [0.5, 0.6) is 0 Å². The largest absolute Gasteiger partial charge is 0.297 e. The molecule has 0 atom stereocenters. The molecule has 0 aliphatic carbocycles. The van der Waals surface area contributed by atoms with E-state index in [9.17, 15) is 8.42 Å². The minimum atomic E-state index is -3.27. The first-order valence-corrected chi connectivity index (χ1v) is 10.4. The third kappa shape index (κ3) is 5.92. The summed E-state index contributed by atoms with van der Waals surface area (Å²) in [6, 6.07) is 15.3. The molecule has 1 N–H and O–H groups in total. The average molecular weight is 359 g/mol. The fraction of sp³-hybridized carbons (Fsp3) is 0.421. The third-order valence-electron chi connectivity index (χ3n) is 4.61. The van der Waals surface area contributed by atoms with Crippen LogP contribution in [0.1, 0.15) is 24.1 Å². The summed E-state index contributed by atoms with van der Waals surface area (Å²) in [5.74, 6) is 0.456. The van der Waals surface area contributed by atoms with Gasteiger partial charge < -0.3 is 0 Å². The Morgan fingerprint density at radius 3 is 2.44 bits per heavy atom. The molecule has 25 heavy (non-hydrogen) atoms. The number of benzene rings is 1. The van der Waals surface area contributed by atoms with Crippen molar-refractivity contribution in [1.82, 2.24) is 14.6 Å². The summed E-state index contributed by atoms with van der Waals surface area (Å²) in [6.07, 6.45) is 3.85. The van der Waals surface area contributed by atoms with Gasteiger partial charge in [0.25, 0.3) is 0 Å². The van der Waals surface area contributed by atoms with Crippen molar-refractivity contribution in [2.24, 2.45) is 5.92 Å². The predicted molar refractivity (Wildman–Crippen MR) is 99.3 cm³/mol. The summed E-state index contributed by atoms with van der Waals surface area (Å²) in [7, 11) is -3.27. The molecule has 0 bridgehead atoms. The molecule has 134 valence electrons. The van der Waals surface area contributed by atoms with E-state index in [1.54, 1.807) is 0 Å². The van der Waals surface area contributed by atoms with Gasteiger partial charge in [-0.15, -0.1) is 0 Å². The lowest BCUT2D eigenvalue weighted by Gasteiger charge is -2.31. The molecule has 0 unspecified atom stereocenters. The van der Waals surface area contributed by atoms with Gasteiger partial charge >= 0.3 is 0 Å². The van der Waals surface area contributed by atoms with E-state index in [1.807, 2.05) is 54.7 Å². The van der Waals surface area contributed by atoms with Gasteiger partial charge in [-0.05, 0) is 49.5 Å². The first-order valence-electron chi connectivity index (χ1n) is 8.74. The van der Waals surface area contributed by atoms with Crippen LogP contribution in [0, 0.1) is 5.92 Å². The minimum absolute atomic E-state index is 0.0480. The van der Waals surface area contributed by atoms with Gasteiger partial charge in [0.1, 0.15) is 0 Å². The monoisotopic (exact) mass is 359 g/mol. The Morgan fingerprint density at radius 1 is 1.04 bits per heavy atom. The highest BCUT2D eigenvalue weighted by Gasteiger charge is 2.21. The summed E-state index contributed by atoms with van der Waals surface area (Å²) in [4.78, 5) is 6.75. The van der Waals surface area contributed by atoms with Gasteiger partial charge in [-0.25, -0.2) is 13.1 Å². The quantitative estimate of drug-likeness (QED) is 0.825. The van der Waals surface area contributed by atoms with E-state index >= 15 is 0 Å². The zero-order chi connectivity index (χ0) is 17.5. The predicted octanol–water partition coefficient (Wildman–Crippen LogP) is 2.41. The van der Waals surface area contributed by atoms with Crippen LogP contribution in [0.25, 0.3) is 0 Å². The lowest BCUT2D eigenvalue weighted by Crippen LogP contribution is -2.38. The van der Waals surface area contributed by atoms with Crippen molar-refractivity contribution in [2.75, 3.05) is 19.6 Å². The van der Waals surface area contributed by atoms with Crippen LogP contribution in [0.2, 0.25) is 0 Å². The van der Waals surface area contributed by atoms with Crippen molar-refractivity contribution in [2.45, 2.75) is 25.1 Å². The number of piperidine rings is 1. The number of aromatic nitrogens is 1. The minimum Gasteiger partial charge on any atom is -0.297 e. The van der Waals surface area contributed by atoms with E-state index in [1.165, 1.54) is 0 Å². The van der Waals surface area contributed by atoms with E-state index in [-0.39, 0.29) is 5.75 Å². The molecule has 1 aromatic carbocycles. The number of rotatable bonds is 7. The number of hydrogen-bond donors (Lipinski definition) is 1. The fourth-order valence-corrected chi connectivity index (χ4v) is 4.38. The second-order valence-electron chi connectivity index (χ2n) is 6.63. The first-order chi connectivity index (χ1) is 12.1. The molecule has 6 heteroatoms. The molecule has 1 aliphatic heterocycles. The number of nitrogens with zero attached hydrogens (tertiary/aromatic N) is 2. The second kappa shape index (κ2) is 8.56. The van der Waals surface area contributed by atoms with E-state index in [0.717, 1.165) is 43.7 Å². The maximum Gasteiger partial charge on any atom is 0.215 e. The van der Waals surface area contributed by atoms with Crippen molar-refractivity contribution >= 4 is 10.0 Å². The molecule has 5 nitrogen and oxygen atoms in total. The van der Waals surface area contributed by atoms with Crippen molar-refractivity contribution in [1.29, 1.82) is 0 Å². The topological polar surface area (TPSA) is 62.3 Å². The Kier molecular flexibility index (Phi) is 6.18. The van der Waals surface area contributed by atoms with E-state index in [2.05, 4.69) is 14.6 Å². The Hall–Kier alpha value is -1.76. The van der Waals surface area contributed by atoms with Gasteiger partial charge in [-0.3, -0.25) is 9.88 Å². The molecule has 0 amide bonds. The zero-order valence-corrected chi connectivity index (χ0v) is 15.2. The van der Waals surface area contributed by atoms with E-state index in [0.29, 0.717) is 12.5 Å². The van der Waals surface area contributed by atoms with Crippen LogP contribution in [0.3, 0.4) is 0 Å². The van der Waals surface area contributed by atoms with Gasteiger partial charge in [0.2, 0.25) is 10.0 Å². The molecule has 1 aliphatic rings. The first kappa shape index (κ1) is 18.0. The lowest BCUT2D eigenvalue weighted by atomic mass is 9.97. The second-order valence-corrected chi connectivity index (χ2v) is 8.44. The molecular formula is C19H25N3O2S. The zero-order valence-electron chi connectivity index (χ0n) is 14.3. The molecule has 1 saturated heterocycles. The van der Waals surface area contributed by atoms with Gasteiger partial charge in [-0.1, -0.05) is 36.4 Å². The highest BCUT2D eigenvalue weighted by Crippen LogP contribution is 2.18. The molecule has 2 heterocycles. The highest BCUT2D eigenvalue weighted by atomic mass is 32.2. The normalized spacial score (nSPS) is 16.8. The van der Waals surface area contributed by atoms with Crippen molar-refractivity contribution in [3.63, 3.8) is 0 Å². The maximum atomic E-state index is 12.2. The fourth-order valence-electron chi connectivity index (χ4n) is 3.16. The Bertz CT molecular complexity index is 743. The highest BCUT2D eigenvalue weighted by molar-refractivity contribution is 7.88. The summed E-state index contributed by atoms with van der Waals surface area (Å²) in [5, 5.41) is 0.